The van der Waals surface area contributed by atoms with E-state index in [1.165, 1.54) is 4.57 Å². The number of carbonyl (C=O) groups is 1. The van der Waals surface area contributed by atoms with Gasteiger partial charge in [-0.05, 0) is 57.4 Å². The first kappa shape index (κ1) is 24.1. The van der Waals surface area contributed by atoms with Gasteiger partial charge in [-0.25, -0.2) is 4.79 Å². The van der Waals surface area contributed by atoms with E-state index in [4.69, 9.17) is 4.74 Å². The molecule has 2 aromatic carbocycles. The Balaban J connectivity index is 2.20. The van der Waals surface area contributed by atoms with E-state index in [1.54, 1.807) is 27.7 Å². The van der Waals surface area contributed by atoms with Gasteiger partial charge in [0.25, 0.3) is 0 Å². The summed E-state index contributed by atoms with van der Waals surface area (Å²) >= 11 is 0. The monoisotopic (exact) mass is 474 g/mol. The van der Waals surface area contributed by atoms with Gasteiger partial charge in [0.1, 0.15) is 5.69 Å². The largest absolute Gasteiger partial charge is 0.479 e. The van der Waals surface area contributed by atoms with E-state index in [-0.39, 0.29) is 6.54 Å². The predicted octanol–water partition coefficient (Wildman–Crippen LogP) is 6.33. The minimum absolute atomic E-state index is 0.189. The number of likely N-dealkylation sites (N-methyl/N-ethyl adjacent to an activating group) is 1. The minimum Gasteiger partial charge on any atom is -0.479 e. The fourth-order valence-electron chi connectivity index (χ4n) is 4.87. The Morgan fingerprint density at radius 2 is 1.71 bits per heavy atom. The van der Waals surface area contributed by atoms with E-state index in [9.17, 15) is 23.1 Å². The molecule has 0 aliphatic carbocycles. The molecule has 0 amide bonds. The number of carboxylic acid groups (broad SMARTS) is 1. The maximum absolute atomic E-state index is 14.1. The van der Waals surface area contributed by atoms with Gasteiger partial charge in [0.15, 0.2) is 6.10 Å². The molecule has 0 unspecified atom stereocenters. The highest BCUT2D eigenvalue weighted by Gasteiger charge is 2.40. The third kappa shape index (κ3) is 4.04. The lowest BCUT2D eigenvalue weighted by atomic mass is 9.87. The molecule has 1 N–H and O–H groups in total. The lowest BCUT2D eigenvalue weighted by Crippen LogP contribution is -2.32. The number of halogens is 3. The summed E-state index contributed by atoms with van der Waals surface area (Å²) in [5, 5.41) is 10.6. The lowest BCUT2D eigenvalue weighted by molar-refractivity contribution is -0.160. The second-order valence-electron chi connectivity index (χ2n) is 9.94. The summed E-state index contributed by atoms with van der Waals surface area (Å²) in [5.74, 6) is -1.19. The van der Waals surface area contributed by atoms with Crippen molar-refractivity contribution in [3.8, 4) is 11.1 Å². The number of anilines is 1. The number of alkyl halides is 3. The summed E-state index contributed by atoms with van der Waals surface area (Å²) in [7, 11) is 1.82. The van der Waals surface area contributed by atoms with Gasteiger partial charge in [-0.2, -0.15) is 13.2 Å². The Morgan fingerprint density at radius 1 is 1.09 bits per heavy atom. The normalized spacial score (nSPS) is 15.1. The molecule has 0 radical (unpaired) electrons. The van der Waals surface area contributed by atoms with Crippen molar-refractivity contribution in [2.24, 2.45) is 0 Å². The van der Waals surface area contributed by atoms with Crippen LogP contribution in [0, 0.1) is 13.8 Å². The van der Waals surface area contributed by atoms with Gasteiger partial charge >= 0.3 is 12.1 Å². The molecule has 0 spiro atoms. The Hall–Kier alpha value is -3.00. The van der Waals surface area contributed by atoms with Crippen molar-refractivity contribution in [1.29, 1.82) is 0 Å². The van der Waals surface area contributed by atoms with E-state index in [2.05, 4.69) is 0 Å². The third-order valence-corrected chi connectivity index (χ3v) is 6.25. The quantitative estimate of drug-likeness (QED) is 0.480. The standard InChI is InChI=1S/C26H29F3N2O3/c1-14-7-9-16(10-8-14)20-17-13-18(26(27,28)29)31-12-11-30(6)21(22(17)31)15(2)19(20)23(24(32)33)34-25(3,4)5/h7-10,13,23H,11-12H2,1-6H3,(H,32,33)/t23-/m0/s1. The van der Waals surface area contributed by atoms with Gasteiger partial charge in [-0.3, -0.25) is 0 Å². The van der Waals surface area contributed by atoms with Crippen LogP contribution in [0.1, 0.15) is 49.3 Å². The number of rotatable bonds is 4. The van der Waals surface area contributed by atoms with Crippen molar-refractivity contribution in [3.05, 3.63) is 52.7 Å². The van der Waals surface area contributed by atoms with Crippen LogP contribution in [0.25, 0.3) is 22.0 Å². The smallest absolute Gasteiger partial charge is 0.431 e. The average molecular weight is 475 g/mol. The number of aliphatic carboxylic acids is 1. The molecule has 1 aromatic heterocycles. The number of carboxylic acids is 1. The molecule has 5 nitrogen and oxygen atoms in total. The molecule has 0 saturated heterocycles. The van der Waals surface area contributed by atoms with Crippen molar-refractivity contribution >= 4 is 22.6 Å². The maximum atomic E-state index is 14.1. The summed E-state index contributed by atoms with van der Waals surface area (Å²) in [6, 6.07) is 8.54. The van der Waals surface area contributed by atoms with Crippen LogP contribution < -0.4 is 4.90 Å². The molecule has 1 atom stereocenters. The number of ether oxygens (including phenoxy) is 1. The number of aromatic nitrogens is 1. The van der Waals surface area contributed by atoms with Gasteiger partial charge in [-0.1, -0.05) is 29.8 Å². The van der Waals surface area contributed by atoms with Gasteiger partial charge < -0.3 is 19.3 Å². The first-order valence-corrected chi connectivity index (χ1v) is 11.2. The van der Waals surface area contributed by atoms with E-state index < -0.39 is 29.5 Å². The van der Waals surface area contributed by atoms with Crippen LogP contribution in [0.3, 0.4) is 0 Å². The summed E-state index contributed by atoms with van der Waals surface area (Å²) in [5.41, 5.74) is 2.65. The van der Waals surface area contributed by atoms with Crippen LogP contribution in [0.2, 0.25) is 0 Å². The Labute approximate surface area is 196 Å². The molecule has 0 fully saturated rings. The molecule has 3 aromatic rings. The highest BCUT2D eigenvalue weighted by molar-refractivity contribution is 6.07. The minimum atomic E-state index is -4.54. The number of hydrogen-bond donors (Lipinski definition) is 1. The number of aryl methyl sites for hydroxylation is 1. The first-order valence-electron chi connectivity index (χ1n) is 11.2. The summed E-state index contributed by atoms with van der Waals surface area (Å²) in [6.07, 6.45) is -5.90. The van der Waals surface area contributed by atoms with E-state index in [0.717, 1.165) is 11.6 Å². The molecule has 1 aliphatic rings. The molecule has 0 bridgehead atoms. The van der Waals surface area contributed by atoms with Crippen LogP contribution >= 0.6 is 0 Å². The average Bonchev–Trinajstić information content (AvgIpc) is 3.10. The van der Waals surface area contributed by atoms with E-state index in [0.29, 0.717) is 45.4 Å². The first-order chi connectivity index (χ1) is 15.7. The number of hydrogen-bond acceptors (Lipinski definition) is 3. The van der Waals surface area contributed by atoms with Gasteiger partial charge in [0.2, 0.25) is 0 Å². The highest BCUT2D eigenvalue weighted by atomic mass is 19.4. The molecule has 2 heterocycles. The Bertz CT molecular complexity index is 1270. The SMILES string of the molecule is Cc1ccc(-c2c([C@H](OC(C)(C)C)C(=O)O)c(C)c3c4c2cc(C(F)(F)F)n4CCN3C)cc1. The molecule has 4 rings (SSSR count). The number of benzene rings is 2. The molecular formula is C26H29F3N2O3. The molecule has 34 heavy (non-hydrogen) atoms. The van der Waals surface area contributed by atoms with E-state index >= 15 is 0 Å². The van der Waals surface area contributed by atoms with Crippen LogP contribution in [0.4, 0.5) is 18.9 Å². The second-order valence-corrected chi connectivity index (χ2v) is 9.94. The van der Waals surface area contributed by atoms with Crippen molar-refractivity contribution in [3.63, 3.8) is 0 Å². The van der Waals surface area contributed by atoms with Crippen molar-refractivity contribution in [2.45, 2.75) is 59.0 Å². The lowest BCUT2D eigenvalue weighted by Gasteiger charge is -2.34. The molecule has 0 saturated carbocycles. The van der Waals surface area contributed by atoms with Crippen molar-refractivity contribution < 1.29 is 27.8 Å². The molecule has 1 aliphatic heterocycles. The fourth-order valence-corrected chi connectivity index (χ4v) is 4.87. The summed E-state index contributed by atoms with van der Waals surface area (Å²) in [4.78, 5) is 14.4. The zero-order valence-electron chi connectivity index (χ0n) is 20.2. The topological polar surface area (TPSA) is 54.7 Å². The molecule has 8 heteroatoms. The highest BCUT2D eigenvalue weighted by Crippen LogP contribution is 2.49. The zero-order chi connectivity index (χ0) is 25.2. The Morgan fingerprint density at radius 3 is 2.24 bits per heavy atom. The number of nitrogens with zero attached hydrogens (tertiary/aromatic N) is 2. The zero-order valence-corrected chi connectivity index (χ0v) is 20.2. The van der Waals surface area contributed by atoms with Crippen molar-refractivity contribution in [2.75, 3.05) is 18.5 Å². The fraction of sp³-hybridized carbons (Fsp3) is 0.423. The van der Waals surface area contributed by atoms with Crippen LogP contribution in [-0.2, 0) is 22.3 Å². The van der Waals surface area contributed by atoms with E-state index in [1.807, 2.05) is 43.1 Å². The maximum Gasteiger partial charge on any atom is 0.431 e. The summed E-state index contributed by atoms with van der Waals surface area (Å²) in [6.45, 7) is 9.54. The van der Waals surface area contributed by atoms with Crippen LogP contribution in [-0.4, -0.2) is 34.8 Å². The van der Waals surface area contributed by atoms with Gasteiger partial charge in [-0.15, -0.1) is 0 Å². The van der Waals surface area contributed by atoms with Crippen LogP contribution in [0.5, 0.6) is 0 Å². The van der Waals surface area contributed by atoms with Crippen molar-refractivity contribution in [1.82, 2.24) is 4.57 Å². The van der Waals surface area contributed by atoms with Crippen LogP contribution in [0.15, 0.2) is 30.3 Å². The third-order valence-electron chi connectivity index (χ3n) is 6.25. The predicted molar refractivity (Wildman–Crippen MR) is 126 cm³/mol. The Kier molecular flexibility index (Phi) is 5.71. The van der Waals surface area contributed by atoms with Gasteiger partial charge in [0, 0.05) is 31.1 Å². The second kappa shape index (κ2) is 8.05. The van der Waals surface area contributed by atoms with Gasteiger partial charge in [0.05, 0.1) is 16.8 Å². The summed E-state index contributed by atoms with van der Waals surface area (Å²) < 4.78 is 49.5. The molecular weight excluding hydrogens is 445 g/mol. The molecule has 182 valence electrons.